The van der Waals surface area contributed by atoms with Crippen LogP contribution in [0, 0.1) is 18.7 Å². The van der Waals surface area contributed by atoms with E-state index in [2.05, 4.69) is 20.5 Å². The van der Waals surface area contributed by atoms with Gasteiger partial charge in [0.1, 0.15) is 11.6 Å². The first-order valence-electron chi connectivity index (χ1n) is 8.84. The fraction of sp³-hybridized carbons (Fsp3) is 0.444. The number of thioether (sulfide) groups is 1. The number of aromatic amines is 1. The van der Waals surface area contributed by atoms with Gasteiger partial charge in [-0.1, -0.05) is 11.8 Å². The Labute approximate surface area is 161 Å². The maximum atomic E-state index is 12.9. The average Bonchev–Trinajstić information content (AvgIpc) is 3.10. The summed E-state index contributed by atoms with van der Waals surface area (Å²) in [5, 5.41) is 10.2. The molecule has 1 aromatic carbocycles. The molecule has 2 heterocycles. The number of piperidine rings is 1. The molecule has 1 fully saturated rings. The number of nitrogens with one attached hydrogen (secondary N) is 2. The van der Waals surface area contributed by atoms with Gasteiger partial charge in [-0.3, -0.25) is 14.7 Å². The van der Waals surface area contributed by atoms with Gasteiger partial charge in [-0.25, -0.2) is 9.37 Å². The van der Waals surface area contributed by atoms with Gasteiger partial charge in [0.05, 0.1) is 5.75 Å². The lowest BCUT2D eigenvalue weighted by atomic mass is 9.98. The molecule has 0 bridgehead atoms. The average molecular weight is 391 g/mol. The summed E-state index contributed by atoms with van der Waals surface area (Å²) in [6.07, 6.45) is 1.87. The van der Waals surface area contributed by atoms with Gasteiger partial charge in [0, 0.05) is 25.2 Å². The molecule has 0 saturated carbocycles. The molecular formula is C18H22FN5O2S. The Hall–Kier alpha value is -2.42. The second kappa shape index (κ2) is 8.98. The SMILES string of the molecule is Cc1nc(SCC(=O)N2CCC[C@@H](CNC(=O)c3ccc(F)cc3)C2)n[nH]1. The number of aryl methyl sites for hydroxylation is 1. The van der Waals surface area contributed by atoms with E-state index in [1.54, 1.807) is 0 Å². The van der Waals surface area contributed by atoms with E-state index in [1.807, 2.05) is 11.8 Å². The van der Waals surface area contributed by atoms with Crippen molar-refractivity contribution in [1.82, 2.24) is 25.4 Å². The lowest BCUT2D eigenvalue weighted by Gasteiger charge is -2.32. The predicted molar refractivity (Wildman–Crippen MR) is 99.9 cm³/mol. The van der Waals surface area contributed by atoms with Crippen LogP contribution in [0.3, 0.4) is 0 Å². The molecular weight excluding hydrogens is 369 g/mol. The van der Waals surface area contributed by atoms with Crippen molar-refractivity contribution in [2.45, 2.75) is 24.9 Å². The molecule has 1 atom stereocenters. The van der Waals surface area contributed by atoms with E-state index in [1.165, 1.54) is 36.0 Å². The van der Waals surface area contributed by atoms with E-state index in [-0.39, 0.29) is 23.5 Å². The molecule has 0 spiro atoms. The lowest BCUT2D eigenvalue weighted by molar-refractivity contribution is -0.130. The number of benzene rings is 1. The van der Waals surface area contributed by atoms with Gasteiger partial charge < -0.3 is 10.2 Å². The fourth-order valence-electron chi connectivity index (χ4n) is 3.00. The van der Waals surface area contributed by atoms with E-state index < -0.39 is 0 Å². The van der Waals surface area contributed by atoms with Crippen LogP contribution in [0.15, 0.2) is 29.4 Å². The molecule has 2 N–H and O–H groups in total. The minimum Gasteiger partial charge on any atom is -0.352 e. The molecule has 2 aromatic rings. The third kappa shape index (κ3) is 5.53. The Morgan fingerprint density at radius 2 is 2.15 bits per heavy atom. The third-order valence-electron chi connectivity index (χ3n) is 4.43. The molecule has 1 aromatic heterocycles. The van der Waals surface area contributed by atoms with Crippen LogP contribution in [0.4, 0.5) is 4.39 Å². The normalized spacial score (nSPS) is 17.0. The number of amides is 2. The molecule has 1 aliphatic rings. The summed E-state index contributed by atoms with van der Waals surface area (Å²) in [7, 11) is 0. The van der Waals surface area contributed by atoms with Gasteiger partial charge in [0.25, 0.3) is 5.91 Å². The van der Waals surface area contributed by atoms with E-state index >= 15 is 0 Å². The maximum absolute atomic E-state index is 12.9. The Bertz CT molecular complexity index is 795. The Morgan fingerprint density at radius 3 is 2.85 bits per heavy atom. The molecule has 1 saturated heterocycles. The van der Waals surface area contributed by atoms with Gasteiger partial charge in [-0.05, 0) is 49.9 Å². The number of H-pyrrole nitrogens is 1. The molecule has 1 aliphatic heterocycles. The summed E-state index contributed by atoms with van der Waals surface area (Å²) >= 11 is 1.32. The van der Waals surface area contributed by atoms with Crippen molar-refractivity contribution in [3.63, 3.8) is 0 Å². The summed E-state index contributed by atoms with van der Waals surface area (Å²) in [4.78, 5) is 30.6. The molecule has 9 heteroatoms. The quantitative estimate of drug-likeness (QED) is 0.735. The van der Waals surface area contributed by atoms with Crippen molar-refractivity contribution in [1.29, 1.82) is 0 Å². The standard InChI is InChI=1S/C18H22FN5O2S/c1-12-21-18(23-22-12)27-11-16(25)24-8-2-3-13(10-24)9-20-17(26)14-4-6-15(19)7-5-14/h4-7,13H,2-3,8-11H2,1H3,(H,20,26)(H,21,22,23)/t13-/m0/s1. The summed E-state index contributed by atoms with van der Waals surface area (Å²) in [5.41, 5.74) is 0.429. The minimum atomic E-state index is -0.369. The molecule has 3 rings (SSSR count). The topological polar surface area (TPSA) is 91.0 Å². The number of aromatic nitrogens is 3. The van der Waals surface area contributed by atoms with Crippen molar-refractivity contribution >= 4 is 23.6 Å². The number of likely N-dealkylation sites (tertiary alicyclic amines) is 1. The maximum Gasteiger partial charge on any atom is 0.251 e. The minimum absolute atomic E-state index is 0.0528. The highest BCUT2D eigenvalue weighted by atomic mass is 32.2. The van der Waals surface area contributed by atoms with Crippen LogP contribution < -0.4 is 5.32 Å². The molecule has 0 aliphatic carbocycles. The van der Waals surface area contributed by atoms with Gasteiger partial charge in [-0.2, -0.15) is 0 Å². The van der Waals surface area contributed by atoms with Crippen molar-refractivity contribution in [3.05, 3.63) is 41.5 Å². The second-order valence-corrected chi connectivity index (χ2v) is 7.50. The fourth-order valence-corrected chi connectivity index (χ4v) is 3.75. The highest BCUT2D eigenvalue weighted by Gasteiger charge is 2.24. The molecule has 7 nitrogen and oxygen atoms in total. The zero-order valence-corrected chi connectivity index (χ0v) is 15.9. The predicted octanol–water partition coefficient (Wildman–Crippen LogP) is 2.01. The number of hydrogen-bond acceptors (Lipinski definition) is 5. The molecule has 2 amide bonds. The van der Waals surface area contributed by atoms with Crippen molar-refractivity contribution in [2.75, 3.05) is 25.4 Å². The number of hydrogen-bond donors (Lipinski definition) is 2. The molecule has 144 valence electrons. The van der Waals surface area contributed by atoms with Crippen LogP contribution in [0.25, 0.3) is 0 Å². The van der Waals surface area contributed by atoms with Crippen LogP contribution in [0.1, 0.15) is 29.0 Å². The summed E-state index contributed by atoms with van der Waals surface area (Å²) < 4.78 is 12.9. The van der Waals surface area contributed by atoms with E-state index in [9.17, 15) is 14.0 Å². The molecule has 0 unspecified atom stereocenters. The van der Waals surface area contributed by atoms with E-state index in [0.29, 0.717) is 29.6 Å². The van der Waals surface area contributed by atoms with Crippen molar-refractivity contribution in [3.8, 4) is 0 Å². The second-order valence-electron chi connectivity index (χ2n) is 6.56. The first-order chi connectivity index (χ1) is 13.0. The van der Waals surface area contributed by atoms with Crippen LogP contribution >= 0.6 is 11.8 Å². The third-order valence-corrected chi connectivity index (χ3v) is 5.26. The van der Waals surface area contributed by atoms with E-state index in [4.69, 9.17) is 0 Å². The smallest absolute Gasteiger partial charge is 0.251 e. The van der Waals surface area contributed by atoms with Crippen molar-refractivity contribution in [2.24, 2.45) is 5.92 Å². The van der Waals surface area contributed by atoms with Crippen LogP contribution in [0.2, 0.25) is 0 Å². The highest BCUT2D eigenvalue weighted by Crippen LogP contribution is 2.19. The highest BCUT2D eigenvalue weighted by molar-refractivity contribution is 7.99. The lowest BCUT2D eigenvalue weighted by Crippen LogP contribution is -2.44. The Morgan fingerprint density at radius 1 is 1.37 bits per heavy atom. The molecule has 0 radical (unpaired) electrons. The Kier molecular flexibility index (Phi) is 6.44. The number of carbonyl (C=O) groups is 2. The first-order valence-corrected chi connectivity index (χ1v) is 9.83. The first kappa shape index (κ1) is 19.3. The number of halogens is 1. The summed E-state index contributed by atoms with van der Waals surface area (Å²) in [6.45, 7) is 3.66. The monoisotopic (exact) mass is 391 g/mol. The van der Waals surface area contributed by atoms with Crippen LogP contribution in [-0.2, 0) is 4.79 Å². The van der Waals surface area contributed by atoms with Gasteiger partial charge in [0.2, 0.25) is 11.1 Å². The van der Waals surface area contributed by atoms with E-state index in [0.717, 1.165) is 25.2 Å². The zero-order chi connectivity index (χ0) is 19.2. The number of carbonyl (C=O) groups excluding carboxylic acids is 2. The van der Waals surface area contributed by atoms with Crippen LogP contribution in [-0.4, -0.2) is 57.3 Å². The zero-order valence-electron chi connectivity index (χ0n) is 15.1. The Balaban J connectivity index is 1.45. The van der Waals surface area contributed by atoms with Gasteiger partial charge in [0.15, 0.2) is 0 Å². The van der Waals surface area contributed by atoms with Crippen molar-refractivity contribution < 1.29 is 14.0 Å². The van der Waals surface area contributed by atoms with Crippen LogP contribution in [0.5, 0.6) is 0 Å². The number of nitrogens with zero attached hydrogens (tertiary/aromatic N) is 3. The number of rotatable bonds is 6. The largest absolute Gasteiger partial charge is 0.352 e. The van der Waals surface area contributed by atoms with Gasteiger partial charge >= 0.3 is 0 Å². The summed E-state index contributed by atoms with van der Waals surface area (Å²) in [5.74, 6) is 0.686. The molecule has 27 heavy (non-hydrogen) atoms. The summed E-state index contributed by atoms with van der Waals surface area (Å²) in [6, 6.07) is 5.46. The van der Waals surface area contributed by atoms with Gasteiger partial charge in [-0.15, -0.1) is 5.10 Å².